The zero-order chi connectivity index (χ0) is 12.0. The molecule has 3 atom stereocenters. The number of hydrazine groups is 1. The number of fused-ring (bicyclic) bond motifs is 1. The van der Waals surface area contributed by atoms with E-state index < -0.39 is 11.6 Å². The van der Waals surface area contributed by atoms with E-state index in [-0.39, 0.29) is 6.04 Å². The second-order valence-electron chi connectivity index (χ2n) is 5.27. The average molecular weight is 238 g/mol. The van der Waals surface area contributed by atoms with Crippen LogP contribution in [0.15, 0.2) is 18.2 Å². The Labute approximate surface area is 99.2 Å². The molecule has 2 saturated carbocycles. The molecule has 1 aromatic carbocycles. The maximum atomic E-state index is 13.7. The van der Waals surface area contributed by atoms with Crippen molar-refractivity contribution in [2.24, 2.45) is 23.6 Å². The Bertz CT molecular complexity index is 425. The lowest BCUT2D eigenvalue weighted by Crippen LogP contribution is -2.34. The van der Waals surface area contributed by atoms with E-state index in [4.69, 9.17) is 5.84 Å². The topological polar surface area (TPSA) is 38.0 Å². The van der Waals surface area contributed by atoms with Crippen LogP contribution in [-0.2, 0) is 0 Å². The smallest absolute Gasteiger partial charge is 0.163 e. The van der Waals surface area contributed by atoms with Gasteiger partial charge in [0.15, 0.2) is 11.6 Å². The summed E-state index contributed by atoms with van der Waals surface area (Å²) in [6, 6.07) is 4.03. The first kappa shape index (κ1) is 11.1. The number of hydrogen-bond donors (Lipinski definition) is 2. The molecule has 0 radical (unpaired) electrons. The molecule has 3 N–H and O–H groups in total. The van der Waals surface area contributed by atoms with Gasteiger partial charge in [0.05, 0.1) is 6.04 Å². The van der Waals surface area contributed by atoms with Crippen molar-refractivity contribution in [3.8, 4) is 0 Å². The Kier molecular flexibility index (Phi) is 2.64. The van der Waals surface area contributed by atoms with Crippen molar-refractivity contribution >= 4 is 0 Å². The van der Waals surface area contributed by atoms with Gasteiger partial charge < -0.3 is 0 Å². The first-order valence-electron chi connectivity index (χ1n) is 6.10. The van der Waals surface area contributed by atoms with Crippen LogP contribution in [0, 0.1) is 29.4 Å². The normalized spacial score (nSPS) is 32.3. The van der Waals surface area contributed by atoms with E-state index in [0.29, 0.717) is 11.5 Å². The van der Waals surface area contributed by atoms with Gasteiger partial charge in [0.2, 0.25) is 0 Å². The highest BCUT2D eigenvalue weighted by molar-refractivity contribution is 5.24. The molecule has 92 valence electrons. The van der Waals surface area contributed by atoms with Gasteiger partial charge in [-0.2, -0.15) is 0 Å². The third kappa shape index (κ3) is 1.85. The van der Waals surface area contributed by atoms with Gasteiger partial charge in [0, 0.05) is 5.56 Å². The molecule has 2 aliphatic rings. The van der Waals surface area contributed by atoms with E-state index in [1.165, 1.54) is 12.5 Å². The van der Waals surface area contributed by atoms with E-state index >= 15 is 0 Å². The van der Waals surface area contributed by atoms with Gasteiger partial charge in [-0.05, 0) is 43.1 Å². The maximum absolute atomic E-state index is 13.7. The van der Waals surface area contributed by atoms with Crippen LogP contribution in [0.4, 0.5) is 8.78 Å². The summed E-state index contributed by atoms with van der Waals surface area (Å²) in [5, 5.41) is 0. The first-order chi connectivity index (χ1) is 8.20. The fourth-order valence-corrected chi connectivity index (χ4v) is 3.27. The molecule has 0 saturated heterocycles. The SMILES string of the molecule is NNC(c1cccc(F)c1F)C1CC2CC2C1. The molecule has 0 spiro atoms. The number of halogens is 2. The number of hydrogen-bond acceptors (Lipinski definition) is 2. The standard InChI is InChI=1S/C13H16F2N2/c14-11-3-1-2-10(12(11)15)13(17-16)9-5-7-4-8(7)6-9/h1-3,7-9,13,17H,4-6,16H2. The molecule has 0 bridgehead atoms. The predicted molar refractivity (Wildman–Crippen MR) is 60.7 cm³/mol. The van der Waals surface area contributed by atoms with Gasteiger partial charge in [-0.25, -0.2) is 8.78 Å². The summed E-state index contributed by atoms with van der Waals surface area (Å²) in [5.74, 6) is 5.89. The van der Waals surface area contributed by atoms with Crippen LogP contribution in [-0.4, -0.2) is 0 Å². The van der Waals surface area contributed by atoms with E-state index in [0.717, 1.165) is 30.7 Å². The molecule has 0 aliphatic heterocycles. The average Bonchev–Trinajstić information content (AvgIpc) is 2.93. The summed E-state index contributed by atoms with van der Waals surface area (Å²) in [7, 11) is 0. The van der Waals surface area contributed by atoms with Crippen molar-refractivity contribution in [2.45, 2.75) is 25.3 Å². The molecule has 2 fully saturated rings. The predicted octanol–water partition coefficient (Wildman–Crippen LogP) is 2.52. The largest absolute Gasteiger partial charge is 0.271 e. The first-order valence-corrected chi connectivity index (χ1v) is 6.10. The molecule has 17 heavy (non-hydrogen) atoms. The second kappa shape index (κ2) is 4.03. The van der Waals surface area contributed by atoms with Crippen LogP contribution in [0.1, 0.15) is 30.9 Å². The number of nitrogens with one attached hydrogen (secondary N) is 1. The molecule has 3 unspecified atom stereocenters. The van der Waals surface area contributed by atoms with Crippen molar-refractivity contribution in [3.05, 3.63) is 35.4 Å². The molecule has 0 heterocycles. The van der Waals surface area contributed by atoms with Crippen LogP contribution in [0.25, 0.3) is 0 Å². The fourth-order valence-electron chi connectivity index (χ4n) is 3.27. The van der Waals surface area contributed by atoms with Crippen LogP contribution >= 0.6 is 0 Å². The molecule has 0 aromatic heterocycles. The van der Waals surface area contributed by atoms with Crippen molar-refractivity contribution in [1.82, 2.24) is 5.43 Å². The number of nitrogens with two attached hydrogens (primary N) is 1. The Morgan fingerprint density at radius 3 is 2.53 bits per heavy atom. The Hall–Kier alpha value is -1.00. The monoisotopic (exact) mass is 238 g/mol. The Balaban J connectivity index is 1.86. The van der Waals surface area contributed by atoms with E-state index in [1.807, 2.05) is 0 Å². The lowest BCUT2D eigenvalue weighted by atomic mass is 9.89. The van der Waals surface area contributed by atoms with Gasteiger partial charge in [0.25, 0.3) is 0 Å². The van der Waals surface area contributed by atoms with Gasteiger partial charge in [-0.3, -0.25) is 11.3 Å². The molecular formula is C13H16F2N2. The molecule has 2 nitrogen and oxygen atoms in total. The highest BCUT2D eigenvalue weighted by Crippen LogP contribution is 2.57. The van der Waals surface area contributed by atoms with E-state index in [9.17, 15) is 8.78 Å². The zero-order valence-electron chi connectivity index (χ0n) is 9.50. The van der Waals surface area contributed by atoms with Crippen LogP contribution in [0.3, 0.4) is 0 Å². The maximum Gasteiger partial charge on any atom is 0.163 e. The molecule has 2 aliphatic carbocycles. The van der Waals surface area contributed by atoms with Gasteiger partial charge in [-0.1, -0.05) is 12.1 Å². The summed E-state index contributed by atoms with van der Waals surface area (Å²) in [4.78, 5) is 0. The molecular weight excluding hydrogens is 222 g/mol. The third-order valence-corrected chi connectivity index (χ3v) is 4.25. The van der Waals surface area contributed by atoms with Gasteiger partial charge >= 0.3 is 0 Å². The van der Waals surface area contributed by atoms with Gasteiger partial charge in [0.1, 0.15) is 0 Å². The van der Waals surface area contributed by atoms with E-state index in [1.54, 1.807) is 6.07 Å². The van der Waals surface area contributed by atoms with Crippen LogP contribution in [0.5, 0.6) is 0 Å². The lowest BCUT2D eigenvalue weighted by molar-refractivity contribution is 0.332. The second-order valence-corrected chi connectivity index (χ2v) is 5.27. The van der Waals surface area contributed by atoms with Gasteiger partial charge in [-0.15, -0.1) is 0 Å². The van der Waals surface area contributed by atoms with Crippen molar-refractivity contribution < 1.29 is 8.78 Å². The highest BCUT2D eigenvalue weighted by atomic mass is 19.2. The van der Waals surface area contributed by atoms with Crippen molar-refractivity contribution in [1.29, 1.82) is 0 Å². The number of benzene rings is 1. The minimum absolute atomic E-state index is 0.265. The minimum atomic E-state index is -0.800. The highest BCUT2D eigenvalue weighted by Gasteiger charge is 2.48. The van der Waals surface area contributed by atoms with Crippen molar-refractivity contribution in [3.63, 3.8) is 0 Å². The van der Waals surface area contributed by atoms with Crippen molar-refractivity contribution in [2.75, 3.05) is 0 Å². The molecule has 1 aromatic rings. The third-order valence-electron chi connectivity index (χ3n) is 4.25. The molecule has 4 heteroatoms. The Morgan fingerprint density at radius 1 is 1.18 bits per heavy atom. The summed E-state index contributed by atoms with van der Waals surface area (Å²) in [6.45, 7) is 0. The minimum Gasteiger partial charge on any atom is -0.271 e. The zero-order valence-corrected chi connectivity index (χ0v) is 9.50. The summed E-state index contributed by atoms with van der Waals surface area (Å²) in [6.07, 6.45) is 3.46. The lowest BCUT2D eigenvalue weighted by Gasteiger charge is -2.24. The summed E-state index contributed by atoms with van der Waals surface area (Å²) < 4.78 is 26.9. The van der Waals surface area contributed by atoms with Crippen LogP contribution in [0.2, 0.25) is 0 Å². The Morgan fingerprint density at radius 2 is 1.88 bits per heavy atom. The summed E-state index contributed by atoms with van der Waals surface area (Å²) in [5.41, 5.74) is 3.02. The summed E-state index contributed by atoms with van der Waals surface area (Å²) >= 11 is 0. The van der Waals surface area contributed by atoms with Crippen LogP contribution < -0.4 is 11.3 Å². The molecule has 0 amide bonds. The quantitative estimate of drug-likeness (QED) is 0.627. The van der Waals surface area contributed by atoms with E-state index in [2.05, 4.69) is 5.43 Å². The number of rotatable bonds is 3. The fraction of sp³-hybridized carbons (Fsp3) is 0.538. The molecule has 3 rings (SSSR count).